The molecule has 1 atom stereocenters. The molecule has 6 nitrogen and oxygen atoms in total. The molecule has 6 heteroatoms. The molecular formula is C20H19NO5. The molecule has 1 aliphatic rings. The zero-order valence-corrected chi connectivity index (χ0v) is 14.3. The van der Waals surface area contributed by atoms with Crippen molar-refractivity contribution < 1.29 is 23.8 Å². The Bertz CT molecular complexity index is 816. The van der Waals surface area contributed by atoms with Crippen LogP contribution in [0.5, 0.6) is 11.5 Å². The summed E-state index contributed by atoms with van der Waals surface area (Å²) in [5.41, 5.74) is 1.74. The molecule has 0 spiro atoms. The van der Waals surface area contributed by atoms with E-state index in [0.717, 1.165) is 11.1 Å². The van der Waals surface area contributed by atoms with Crippen LogP contribution in [-0.4, -0.2) is 24.8 Å². The second-order valence-corrected chi connectivity index (χ2v) is 5.73. The molecule has 134 valence electrons. The molecule has 2 aromatic carbocycles. The minimum absolute atomic E-state index is 0.195. The summed E-state index contributed by atoms with van der Waals surface area (Å²) < 4.78 is 15.6. The van der Waals surface area contributed by atoms with Crippen LogP contribution in [0, 0.1) is 0 Å². The van der Waals surface area contributed by atoms with Gasteiger partial charge in [-0.3, -0.25) is 4.79 Å². The SMILES string of the molecule is CC(OC(=O)/C=C/c1ccc2c(c1)OCO2)C(=O)NCc1ccccc1. The fraction of sp³-hybridized carbons (Fsp3) is 0.200. The summed E-state index contributed by atoms with van der Waals surface area (Å²) in [6.45, 7) is 2.11. The predicted octanol–water partition coefficient (Wildman–Crippen LogP) is 2.68. The first-order valence-corrected chi connectivity index (χ1v) is 8.22. The highest BCUT2D eigenvalue weighted by molar-refractivity contribution is 5.90. The van der Waals surface area contributed by atoms with Crippen molar-refractivity contribution in [3.63, 3.8) is 0 Å². The third-order valence-corrected chi connectivity index (χ3v) is 3.78. The van der Waals surface area contributed by atoms with Crippen LogP contribution in [0.15, 0.2) is 54.6 Å². The Kier molecular flexibility index (Phi) is 5.53. The first-order chi connectivity index (χ1) is 12.6. The van der Waals surface area contributed by atoms with Crippen molar-refractivity contribution in [2.45, 2.75) is 19.6 Å². The third kappa shape index (κ3) is 4.63. The van der Waals surface area contributed by atoms with Crippen LogP contribution in [0.2, 0.25) is 0 Å². The molecule has 0 bridgehead atoms. The van der Waals surface area contributed by atoms with E-state index >= 15 is 0 Å². The van der Waals surface area contributed by atoms with Gasteiger partial charge >= 0.3 is 5.97 Å². The number of rotatable bonds is 6. The van der Waals surface area contributed by atoms with E-state index in [1.807, 2.05) is 30.3 Å². The molecule has 0 radical (unpaired) electrons. The number of amides is 1. The van der Waals surface area contributed by atoms with Crippen LogP contribution in [0.4, 0.5) is 0 Å². The largest absolute Gasteiger partial charge is 0.454 e. The monoisotopic (exact) mass is 353 g/mol. The van der Waals surface area contributed by atoms with Crippen LogP contribution in [-0.2, 0) is 20.9 Å². The molecule has 2 aromatic rings. The average Bonchev–Trinajstić information content (AvgIpc) is 3.13. The molecule has 1 heterocycles. The molecule has 1 aliphatic heterocycles. The van der Waals surface area contributed by atoms with Gasteiger partial charge in [0.15, 0.2) is 17.6 Å². The number of hydrogen-bond donors (Lipinski definition) is 1. The Morgan fingerprint density at radius 3 is 2.73 bits per heavy atom. The molecule has 1 amide bonds. The van der Waals surface area contributed by atoms with Gasteiger partial charge in [-0.2, -0.15) is 0 Å². The van der Waals surface area contributed by atoms with Crippen LogP contribution < -0.4 is 14.8 Å². The lowest BCUT2D eigenvalue weighted by Crippen LogP contribution is -2.35. The molecule has 1 N–H and O–H groups in total. The van der Waals surface area contributed by atoms with Gasteiger partial charge in [0.05, 0.1) is 0 Å². The third-order valence-electron chi connectivity index (χ3n) is 3.78. The van der Waals surface area contributed by atoms with Gasteiger partial charge in [0.2, 0.25) is 6.79 Å². The first kappa shape index (κ1) is 17.5. The number of carbonyl (C=O) groups is 2. The van der Waals surface area contributed by atoms with Crippen molar-refractivity contribution in [3.05, 3.63) is 65.7 Å². The fourth-order valence-corrected chi connectivity index (χ4v) is 2.38. The second kappa shape index (κ2) is 8.20. The highest BCUT2D eigenvalue weighted by Crippen LogP contribution is 2.32. The van der Waals surface area contributed by atoms with Crippen molar-refractivity contribution >= 4 is 18.0 Å². The number of carbonyl (C=O) groups excluding carboxylic acids is 2. The van der Waals surface area contributed by atoms with Gasteiger partial charge in [-0.05, 0) is 36.3 Å². The molecule has 0 aliphatic carbocycles. The molecule has 0 saturated carbocycles. The Labute approximate surface area is 151 Å². The predicted molar refractivity (Wildman–Crippen MR) is 95.4 cm³/mol. The van der Waals surface area contributed by atoms with E-state index < -0.39 is 12.1 Å². The van der Waals surface area contributed by atoms with Crippen LogP contribution in [0.3, 0.4) is 0 Å². The van der Waals surface area contributed by atoms with E-state index in [-0.39, 0.29) is 12.7 Å². The highest BCUT2D eigenvalue weighted by atomic mass is 16.7. The summed E-state index contributed by atoms with van der Waals surface area (Å²) in [4.78, 5) is 23.9. The van der Waals surface area contributed by atoms with Crippen molar-refractivity contribution in [3.8, 4) is 11.5 Å². The Morgan fingerprint density at radius 2 is 1.92 bits per heavy atom. The van der Waals surface area contributed by atoms with Crippen LogP contribution >= 0.6 is 0 Å². The van der Waals surface area contributed by atoms with Gasteiger partial charge in [0.1, 0.15) is 0 Å². The van der Waals surface area contributed by atoms with Crippen LogP contribution in [0.25, 0.3) is 6.08 Å². The minimum Gasteiger partial charge on any atom is -0.454 e. The summed E-state index contributed by atoms with van der Waals surface area (Å²) in [5, 5.41) is 2.74. The molecule has 0 saturated heterocycles. The number of esters is 1. The Morgan fingerprint density at radius 1 is 1.15 bits per heavy atom. The van der Waals surface area contributed by atoms with Crippen molar-refractivity contribution in [1.29, 1.82) is 0 Å². The molecule has 1 unspecified atom stereocenters. The summed E-state index contributed by atoms with van der Waals surface area (Å²) in [6, 6.07) is 14.8. The van der Waals surface area contributed by atoms with Crippen molar-refractivity contribution in [2.75, 3.05) is 6.79 Å². The summed E-state index contributed by atoms with van der Waals surface area (Å²) >= 11 is 0. The molecule has 0 fully saturated rings. The zero-order valence-electron chi connectivity index (χ0n) is 14.3. The van der Waals surface area contributed by atoms with E-state index in [1.54, 1.807) is 24.3 Å². The Balaban J connectivity index is 1.48. The first-order valence-electron chi connectivity index (χ1n) is 8.22. The number of nitrogens with one attached hydrogen (secondary N) is 1. The lowest BCUT2D eigenvalue weighted by molar-refractivity contribution is -0.150. The lowest BCUT2D eigenvalue weighted by atomic mass is 10.2. The lowest BCUT2D eigenvalue weighted by Gasteiger charge is -2.12. The fourth-order valence-electron chi connectivity index (χ4n) is 2.38. The molecule has 26 heavy (non-hydrogen) atoms. The van der Waals surface area contributed by atoms with Gasteiger partial charge in [-0.1, -0.05) is 36.4 Å². The standard InChI is InChI=1S/C20H19NO5/c1-14(20(23)21-12-16-5-3-2-4-6-16)26-19(22)10-8-15-7-9-17-18(11-15)25-13-24-17/h2-11,14H,12-13H2,1H3,(H,21,23)/b10-8+. The molecule has 0 aromatic heterocycles. The van der Waals surface area contributed by atoms with E-state index in [1.165, 1.54) is 13.0 Å². The highest BCUT2D eigenvalue weighted by Gasteiger charge is 2.16. The van der Waals surface area contributed by atoms with Gasteiger partial charge in [0, 0.05) is 12.6 Å². The van der Waals surface area contributed by atoms with E-state index in [0.29, 0.717) is 18.0 Å². The van der Waals surface area contributed by atoms with Gasteiger partial charge in [0.25, 0.3) is 5.91 Å². The van der Waals surface area contributed by atoms with Crippen molar-refractivity contribution in [2.24, 2.45) is 0 Å². The summed E-state index contributed by atoms with van der Waals surface area (Å²) in [7, 11) is 0. The molecule has 3 rings (SSSR count). The maximum absolute atomic E-state index is 12.0. The van der Waals surface area contributed by atoms with Crippen LogP contribution in [0.1, 0.15) is 18.1 Å². The van der Waals surface area contributed by atoms with Gasteiger partial charge < -0.3 is 19.5 Å². The maximum Gasteiger partial charge on any atom is 0.331 e. The second-order valence-electron chi connectivity index (χ2n) is 5.73. The molecular weight excluding hydrogens is 334 g/mol. The van der Waals surface area contributed by atoms with E-state index in [2.05, 4.69) is 5.32 Å². The quantitative estimate of drug-likeness (QED) is 0.638. The van der Waals surface area contributed by atoms with Gasteiger partial charge in [-0.15, -0.1) is 0 Å². The van der Waals surface area contributed by atoms with Gasteiger partial charge in [-0.25, -0.2) is 4.79 Å². The minimum atomic E-state index is -0.882. The zero-order chi connectivity index (χ0) is 18.4. The maximum atomic E-state index is 12.0. The normalized spacial score (nSPS) is 13.4. The number of benzene rings is 2. The van der Waals surface area contributed by atoms with E-state index in [9.17, 15) is 9.59 Å². The average molecular weight is 353 g/mol. The topological polar surface area (TPSA) is 73.9 Å². The van der Waals surface area contributed by atoms with E-state index in [4.69, 9.17) is 14.2 Å². The number of fused-ring (bicyclic) bond motifs is 1. The smallest absolute Gasteiger partial charge is 0.331 e. The van der Waals surface area contributed by atoms with Crippen molar-refractivity contribution in [1.82, 2.24) is 5.32 Å². The summed E-state index contributed by atoms with van der Waals surface area (Å²) in [6.07, 6.45) is 1.99. The Hall–Kier alpha value is -3.28. The number of hydrogen-bond acceptors (Lipinski definition) is 5. The summed E-state index contributed by atoms with van der Waals surface area (Å²) in [5.74, 6) is 0.367. The number of ether oxygens (including phenoxy) is 3.